The first-order valence-electron chi connectivity index (χ1n) is 7.41. The maximum atomic E-state index is 12.6. The van der Waals surface area contributed by atoms with Crippen molar-refractivity contribution in [2.75, 3.05) is 24.5 Å². The van der Waals surface area contributed by atoms with E-state index in [0.717, 1.165) is 17.7 Å². The molecule has 6 heteroatoms. The lowest BCUT2D eigenvalue weighted by molar-refractivity contribution is -0.117. The summed E-state index contributed by atoms with van der Waals surface area (Å²) in [6, 6.07) is 6.53. The molecule has 0 radical (unpaired) electrons. The number of carbonyl (C=O) groups is 1. The van der Waals surface area contributed by atoms with E-state index in [4.69, 9.17) is 0 Å². The molecular formula is C16H22N2O3S. The monoisotopic (exact) mass is 322 g/mol. The molecule has 1 aromatic carbocycles. The summed E-state index contributed by atoms with van der Waals surface area (Å²) in [5, 5.41) is 0. The van der Waals surface area contributed by atoms with Crippen molar-refractivity contribution >= 4 is 21.6 Å². The molecule has 1 amide bonds. The van der Waals surface area contributed by atoms with Crippen LogP contribution in [0.15, 0.2) is 41.3 Å². The van der Waals surface area contributed by atoms with Crippen LogP contribution in [-0.4, -0.2) is 38.3 Å². The minimum absolute atomic E-state index is 0.0908. The normalized spacial score (nSPS) is 15.6. The molecule has 1 aliphatic heterocycles. The van der Waals surface area contributed by atoms with Crippen LogP contribution < -0.4 is 4.90 Å². The summed E-state index contributed by atoms with van der Waals surface area (Å²) in [5.41, 5.74) is 1.55. The van der Waals surface area contributed by atoms with Gasteiger partial charge in [0, 0.05) is 31.7 Å². The van der Waals surface area contributed by atoms with Gasteiger partial charge in [-0.2, -0.15) is 4.31 Å². The van der Waals surface area contributed by atoms with Crippen molar-refractivity contribution in [3.8, 4) is 0 Å². The van der Waals surface area contributed by atoms with E-state index in [9.17, 15) is 13.2 Å². The van der Waals surface area contributed by atoms with Crippen molar-refractivity contribution < 1.29 is 13.2 Å². The zero-order chi connectivity index (χ0) is 16.3. The molecule has 1 aromatic rings. The maximum absolute atomic E-state index is 12.6. The highest BCUT2D eigenvalue weighted by molar-refractivity contribution is 7.89. The molecule has 0 atom stereocenters. The molecule has 0 unspecified atom stereocenters. The van der Waals surface area contributed by atoms with E-state index >= 15 is 0 Å². The minimum Gasteiger partial charge on any atom is -0.312 e. The Kier molecular flexibility index (Phi) is 5.03. The zero-order valence-electron chi connectivity index (χ0n) is 13.1. The predicted octanol–water partition coefficient (Wildman–Crippen LogP) is 2.40. The summed E-state index contributed by atoms with van der Waals surface area (Å²) < 4.78 is 26.6. The highest BCUT2D eigenvalue weighted by atomic mass is 32.2. The molecule has 1 saturated heterocycles. The molecule has 0 aromatic heterocycles. The lowest BCUT2D eigenvalue weighted by atomic mass is 10.3. The second-order valence-electron chi connectivity index (χ2n) is 5.53. The number of rotatable bonds is 6. The molecule has 1 heterocycles. The number of hydrogen-bond acceptors (Lipinski definition) is 3. The van der Waals surface area contributed by atoms with Crippen LogP contribution in [0.2, 0.25) is 0 Å². The topological polar surface area (TPSA) is 57.7 Å². The summed E-state index contributed by atoms with van der Waals surface area (Å²) >= 11 is 0. The van der Waals surface area contributed by atoms with Crippen LogP contribution in [0, 0.1) is 0 Å². The van der Waals surface area contributed by atoms with Crippen LogP contribution in [0.25, 0.3) is 0 Å². The Morgan fingerprint density at radius 1 is 1.32 bits per heavy atom. The number of carbonyl (C=O) groups excluding carboxylic acids is 1. The van der Waals surface area contributed by atoms with Crippen molar-refractivity contribution in [2.45, 2.75) is 31.6 Å². The highest BCUT2D eigenvalue weighted by Crippen LogP contribution is 2.24. The maximum Gasteiger partial charge on any atom is 0.243 e. The van der Waals surface area contributed by atoms with Gasteiger partial charge in [0.25, 0.3) is 0 Å². The average Bonchev–Trinajstić information content (AvgIpc) is 2.90. The first-order valence-corrected chi connectivity index (χ1v) is 8.85. The molecule has 5 nitrogen and oxygen atoms in total. The SMILES string of the molecule is C=C(C)CN(CC)S(=O)(=O)c1ccc(N2CCCC2=O)cc1. The Balaban J connectivity index is 2.25. The molecule has 22 heavy (non-hydrogen) atoms. The van der Waals surface area contributed by atoms with E-state index in [0.29, 0.717) is 26.1 Å². The number of hydrogen-bond donors (Lipinski definition) is 0. The van der Waals surface area contributed by atoms with E-state index in [2.05, 4.69) is 6.58 Å². The van der Waals surface area contributed by atoms with E-state index in [1.807, 2.05) is 0 Å². The van der Waals surface area contributed by atoms with E-state index in [1.165, 1.54) is 4.31 Å². The molecule has 2 rings (SSSR count). The summed E-state index contributed by atoms with van der Waals surface area (Å²) in [7, 11) is -3.53. The molecule has 0 spiro atoms. The molecule has 0 bridgehead atoms. The summed E-state index contributed by atoms with van der Waals surface area (Å²) in [4.78, 5) is 13.7. The van der Waals surface area contributed by atoms with Gasteiger partial charge >= 0.3 is 0 Å². The fraction of sp³-hybridized carbons (Fsp3) is 0.438. The van der Waals surface area contributed by atoms with Gasteiger partial charge in [-0.25, -0.2) is 8.42 Å². The van der Waals surface area contributed by atoms with Crippen LogP contribution in [-0.2, 0) is 14.8 Å². The predicted molar refractivity (Wildman–Crippen MR) is 87.3 cm³/mol. The summed E-state index contributed by atoms with van der Waals surface area (Å²) in [6.07, 6.45) is 1.41. The van der Waals surface area contributed by atoms with Crippen molar-refractivity contribution in [1.29, 1.82) is 0 Å². The fourth-order valence-corrected chi connectivity index (χ4v) is 4.04. The quantitative estimate of drug-likeness (QED) is 0.756. The Labute approximate surface area is 132 Å². The van der Waals surface area contributed by atoms with Gasteiger partial charge in [0.2, 0.25) is 15.9 Å². The third-order valence-electron chi connectivity index (χ3n) is 3.66. The van der Waals surface area contributed by atoms with Crippen molar-refractivity contribution in [3.05, 3.63) is 36.4 Å². The van der Waals surface area contributed by atoms with Gasteiger partial charge in [-0.3, -0.25) is 4.79 Å². The number of nitrogens with zero attached hydrogens (tertiary/aromatic N) is 2. The molecule has 120 valence electrons. The number of sulfonamides is 1. The molecule has 0 N–H and O–H groups in total. The van der Waals surface area contributed by atoms with E-state index in [-0.39, 0.29) is 10.8 Å². The lowest BCUT2D eigenvalue weighted by Gasteiger charge is -2.21. The largest absolute Gasteiger partial charge is 0.312 e. The highest BCUT2D eigenvalue weighted by Gasteiger charge is 2.25. The van der Waals surface area contributed by atoms with Gasteiger partial charge in [0.15, 0.2) is 0 Å². The van der Waals surface area contributed by atoms with Crippen LogP contribution in [0.3, 0.4) is 0 Å². The van der Waals surface area contributed by atoms with E-state index in [1.54, 1.807) is 43.0 Å². The molecule has 1 aliphatic rings. The first kappa shape index (κ1) is 16.7. The summed E-state index contributed by atoms with van der Waals surface area (Å²) in [5.74, 6) is 0.0908. The molecule has 0 aliphatic carbocycles. The van der Waals surface area contributed by atoms with Crippen molar-refractivity contribution in [3.63, 3.8) is 0 Å². The smallest absolute Gasteiger partial charge is 0.243 e. The Bertz CT molecular complexity index is 665. The van der Waals surface area contributed by atoms with E-state index < -0.39 is 10.0 Å². The van der Waals surface area contributed by atoms with Gasteiger partial charge in [0.1, 0.15) is 0 Å². The van der Waals surface area contributed by atoms with Gasteiger partial charge in [0.05, 0.1) is 4.90 Å². The second-order valence-corrected chi connectivity index (χ2v) is 7.47. The third-order valence-corrected chi connectivity index (χ3v) is 5.59. The van der Waals surface area contributed by atoms with Gasteiger partial charge in [-0.05, 0) is 37.6 Å². The molecule has 0 saturated carbocycles. The zero-order valence-corrected chi connectivity index (χ0v) is 13.9. The van der Waals surface area contributed by atoms with Crippen LogP contribution in [0.5, 0.6) is 0 Å². The molecule has 1 fully saturated rings. The Hall–Kier alpha value is -1.66. The van der Waals surface area contributed by atoms with Crippen LogP contribution >= 0.6 is 0 Å². The van der Waals surface area contributed by atoms with Crippen molar-refractivity contribution in [1.82, 2.24) is 4.31 Å². The Morgan fingerprint density at radius 2 is 1.95 bits per heavy atom. The molecular weight excluding hydrogens is 300 g/mol. The fourth-order valence-electron chi connectivity index (χ4n) is 2.54. The number of anilines is 1. The van der Waals surface area contributed by atoms with Gasteiger partial charge < -0.3 is 4.90 Å². The lowest BCUT2D eigenvalue weighted by Crippen LogP contribution is -2.32. The van der Waals surface area contributed by atoms with Gasteiger partial charge in [-0.15, -0.1) is 0 Å². The first-order chi connectivity index (χ1) is 10.4. The van der Waals surface area contributed by atoms with Crippen molar-refractivity contribution in [2.24, 2.45) is 0 Å². The Morgan fingerprint density at radius 3 is 2.41 bits per heavy atom. The third kappa shape index (κ3) is 3.39. The van der Waals surface area contributed by atoms with Crippen LogP contribution in [0.4, 0.5) is 5.69 Å². The summed E-state index contributed by atoms with van der Waals surface area (Å²) in [6.45, 7) is 8.78. The number of amides is 1. The average molecular weight is 322 g/mol. The van der Waals surface area contributed by atoms with Gasteiger partial charge in [-0.1, -0.05) is 19.1 Å². The number of benzene rings is 1. The second kappa shape index (κ2) is 6.62. The number of likely N-dealkylation sites (N-methyl/N-ethyl adjacent to an activating group) is 1. The minimum atomic E-state index is -3.53. The standard InChI is InChI=1S/C16H22N2O3S/c1-4-17(12-13(2)3)22(20,21)15-9-7-14(8-10-15)18-11-5-6-16(18)19/h7-10H,2,4-6,11-12H2,1,3H3. The van der Waals surface area contributed by atoms with Crippen LogP contribution in [0.1, 0.15) is 26.7 Å².